The summed E-state index contributed by atoms with van der Waals surface area (Å²) in [5.74, 6) is -0.242. The van der Waals surface area contributed by atoms with Gasteiger partial charge in [0.2, 0.25) is 0 Å². The Balaban J connectivity index is 2.10. The quantitative estimate of drug-likeness (QED) is 0.802. The maximum atomic E-state index is 10.9. The Morgan fingerprint density at radius 2 is 1.71 bits per heavy atom. The number of aromatic carboxylic acids is 1. The predicted octanol–water partition coefficient (Wildman–Crippen LogP) is 4.75. The fraction of sp³-hybridized carbons (Fsp3) is 0.211. The predicted molar refractivity (Wildman–Crippen MR) is 87.3 cm³/mol. The fourth-order valence-electron chi connectivity index (χ4n) is 2.20. The van der Waals surface area contributed by atoms with Crippen LogP contribution in [-0.4, -0.2) is 11.1 Å². The second kappa shape index (κ2) is 6.89. The number of carbonyl (C=O) groups is 1. The highest BCUT2D eigenvalue weighted by molar-refractivity contribution is 5.88. The summed E-state index contributed by atoms with van der Waals surface area (Å²) < 4.78 is 0. The minimum Gasteiger partial charge on any atom is -0.478 e. The lowest BCUT2D eigenvalue weighted by Crippen LogP contribution is -1.95. The van der Waals surface area contributed by atoms with Gasteiger partial charge < -0.3 is 5.11 Å². The average molecular weight is 280 g/mol. The zero-order chi connectivity index (χ0) is 15.2. The van der Waals surface area contributed by atoms with Crippen LogP contribution in [0.4, 0.5) is 0 Å². The van der Waals surface area contributed by atoms with Gasteiger partial charge >= 0.3 is 5.97 Å². The maximum Gasteiger partial charge on any atom is 0.335 e. The molecule has 0 aliphatic heterocycles. The smallest absolute Gasteiger partial charge is 0.335 e. The Morgan fingerprint density at radius 3 is 2.33 bits per heavy atom. The number of carboxylic acids is 1. The minimum atomic E-state index is -0.900. The monoisotopic (exact) mass is 280 g/mol. The van der Waals surface area contributed by atoms with Crippen LogP contribution >= 0.6 is 0 Å². The number of carboxylic acid groups (broad SMARTS) is 1. The minimum absolute atomic E-state index is 0.310. The topological polar surface area (TPSA) is 37.3 Å². The van der Waals surface area contributed by atoms with Crippen molar-refractivity contribution in [3.63, 3.8) is 0 Å². The van der Waals surface area contributed by atoms with E-state index in [0.29, 0.717) is 11.5 Å². The average Bonchev–Trinajstić information content (AvgIpc) is 2.46. The zero-order valence-corrected chi connectivity index (χ0v) is 12.4. The molecule has 0 saturated carbocycles. The van der Waals surface area contributed by atoms with Gasteiger partial charge in [0.25, 0.3) is 0 Å². The van der Waals surface area contributed by atoms with E-state index in [1.165, 1.54) is 5.56 Å². The van der Waals surface area contributed by atoms with Crippen molar-refractivity contribution in [3.8, 4) is 0 Å². The summed E-state index contributed by atoms with van der Waals surface area (Å²) >= 11 is 0. The highest BCUT2D eigenvalue weighted by Crippen LogP contribution is 2.13. The maximum absolute atomic E-state index is 10.9. The number of hydrogen-bond donors (Lipinski definition) is 1. The van der Waals surface area contributed by atoms with Gasteiger partial charge in [-0.25, -0.2) is 4.79 Å². The Kier molecular flexibility index (Phi) is 4.94. The summed E-state index contributed by atoms with van der Waals surface area (Å²) in [6.07, 6.45) is 5.02. The highest BCUT2D eigenvalue weighted by atomic mass is 16.4. The summed E-state index contributed by atoms with van der Waals surface area (Å²) in [4.78, 5) is 10.9. The first kappa shape index (κ1) is 15.0. The molecule has 1 N–H and O–H groups in total. The van der Waals surface area contributed by atoms with E-state index in [2.05, 4.69) is 38.1 Å². The van der Waals surface area contributed by atoms with Crippen LogP contribution < -0.4 is 0 Å². The van der Waals surface area contributed by atoms with Crippen LogP contribution in [-0.2, 0) is 6.42 Å². The Labute approximate surface area is 125 Å². The standard InChI is InChI=1S/C19H20O2/c1-14(2)12-17-10-7-15(8-11-17)6-9-16-4-3-5-18(13-16)19(20)21/h3-11,13-14H,12H2,1-2H3,(H,20,21)/b9-6-. The first-order chi connectivity index (χ1) is 10.0. The molecule has 0 heterocycles. The van der Waals surface area contributed by atoms with Crippen molar-refractivity contribution in [1.29, 1.82) is 0 Å². The van der Waals surface area contributed by atoms with E-state index in [1.807, 2.05) is 18.2 Å². The van der Waals surface area contributed by atoms with Crippen LogP contribution in [0.5, 0.6) is 0 Å². The van der Waals surface area contributed by atoms with Gasteiger partial charge in [-0.1, -0.05) is 62.4 Å². The molecular weight excluding hydrogens is 260 g/mol. The molecule has 0 atom stereocenters. The lowest BCUT2D eigenvalue weighted by molar-refractivity contribution is 0.0697. The number of rotatable bonds is 5. The van der Waals surface area contributed by atoms with Gasteiger partial charge in [-0.15, -0.1) is 0 Å². The molecule has 0 unspecified atom stereocenters. The van der Waals surface area contributed by atoms with E-state index in [0.717, 1.165) is 17.5 Å². The second-order valence-electron chi connectivity index (χ2n) is 5.60. The SMILES string of the molecule is CC(C)Cc1ccc(/C=C\c2cccc(C(=O)O)c2)cc1. The molecule has 21 heavy (non-hydrogen) atoms. The fourth-order valence-corrected chi connectivity index (χ4v) is 2.20. The molecule has 2 aromatic rings. The molecule has 0 saturated heterocycles. The van der Waals surface area contributed by atoms with Crippen LogP contribution in [0.2, 0.25) is 0 Å². The van der Waals surface area contributed by atoms with Crippen LogP contribution in [0.15, 0.2) is 48.5 Å². The molecule has 0 aromatic heterocycles. The normalized spacial score (nSPS) is 11.2. The van der Waals surface area contributed by atoms with Crippen molar-refractivity contribution in [1.82, 2.24) is 0 Å². The molecule has 2 rings (SSSR count). The Bertz CT molecular complexity index is 637. The van der Waals surface area contributed by atoms with Crippen molar-refractivity contribution in [2.24, 2.45) is 5.92 Å². The number of benzene rings is 2. The molecule has 2 nitrogen and oxygen atoms in total. The third-order valence-corrected chi connectivity index (χ3v) is 3.23. The Hall–Kier alpha value is -2.35. The van der Waals surface area contributed by atoms with Gasteiger partial charge in [0.15, 0.2) is 0 Å². The molecule has 2 aromatic carbocycles. The number of hydrogen-bond acceptors (Lipinski definition) is 1. The lowest BCUT2D eigenvalue weighted by atomic mass is 10.0. The molecule has 0 radical (unpaired) electrons. The van der Waals surface area contributed by atoms with Gasteiger partial charge in [0.1, 0.15) is 0 Å². The summed E-state index contributed by atoms with van der Waals surface area (Å²) in [6.45, 7) is 4.42. The third kappa shape index (κ3) is 4.60. The van der Waals surface area contributed by atoms with Crippen molar-refractivity contribution in [2.75, 3.05) is 0 Å². The van der Waals surface area contributed by atoms with Gasteiger partial charge in [-0.05, 0) is 41.2 Å². The molecule has 0 bridgehead atoms. The van der Waals surface area contributed by atoms with E-state index in [4.69, 9.17) is 5.11 Å². The molecule has 0 spiro atoms. The van der Waals surface area contributed by atoms with Crippen molar-refractivity contribution in [3.05, 3.63) is 70.8 Å². The second-order valence-corrected chi connectivity index (χ2v) is 5.60. The van der Waals surface area contributed by atoms with Crippen molar-refractivity contribution in [2.45, 2.75) is 20.3 Å². The summed E-state index contributed by atoms with van der Waals surface area (Å²) in [7, 11) is 0. The van der Waals surface area contributed by atoms with E-state index in [9.17, 15) is 4.79 Å². The van der Waals surface area contributed by atoms with Crippen LogP contribution in [0, 0.1) is 5.92 Å². The molecule has 0 aliphatic rings. The Morgan fingerprint density at radius 1 is 1.05 bits per heavy atom. The largest absolute Gasteiger partial charge is 0.478 e. The molecule has 2 heteroatoms. The molecule has 0 fully saturated rings. The molecule has 0 aliphatic carbocycles. The van der Waals surface area contributed by atoms with Gasteiger partial charge in [0.05, 0.1) is 5.56 Å². The zero-order valence-electron chi connectivity index (χ0n) is 12.4. The molecule has 108 valence electrons. The summed E-state index contributed by atoms with van der Waals surface area (Å²) in [5, 5.41) is 8.97. The van der Waals surface area contributed by atoms with Crippen LogP contribution in [0.1, 0.15) is 40.9 Å². The van der Waals surface area contributed by atoms with Crippen molar-refractivity contribution < 1.29 is 9.90 Å². The lowest BCUT2D eigenvalue weighted by Gasteiger charge is -2.04. The van der Waals surface area contributed by atoms with E-state index >= 15 is 0 Å². The van der Waals surface area contributed by atoms with Crippen LogP contribution in [0.3, 0.4) is 0 Å². The van der Waals surface area contributed by atoms with E-state index < -0.39 is 5.97 Å². The highest BCUT2D eigenvalue weighted by Gasteiger charge is 2.01. The van der Waals surface area contributed by atoms with Gasteiger partial charge in [-0.2, -0.15) is 0 Å². The molecular formula is C19H20O2. The van der Waals surface area contributed by atoms with Crippen LogP contribution in [0.25, 0.3) is 12.2 Å². The summed E-state index contributed by atoms with van der Waals surface area (Å²) in [6, 6.07) is 15.4. The van der Waals surface area contributed by atoms with E-state index in [1.54, 1.807) is 18.2 Å². The van der Waals surface area contributed by atoms with Gasteiger partial charge in [0, 0.05) is 0 Å². The molecule has 0 amide bonds. The van der Waals surface area contributed by atoms with E-state index in [-0.39, 0.29) is 0 Å². The third-order valence-electron chi connectivity index (χ3n) is 3.23. The summed E-state index contributed by atoms with van der Waals surface area (Å²) in [5.41, 5.74) is 3.66. The van der Waals surface area contributed by atoms with Crippen molar-refractivity contribution >= 4 is 18.1 Å². The van der Waals surface area contributed by atoms with Gasteiger partial charge in [-0.3, -0.25) is 0 Å². The first-order valence-corrected chi connectivity index (χ1v) is 7.15. The first-order valence-electron chi connectivity index (χ1n) is 7.15.